The molecule has 0 spiro atoms. The first-order chi connectivity index (χ1) is 18.4. The summed E-state index contributed by atoms with van der Waals surface area (Å²) in [6.07, 6.45) is 1.07. The average molecular weight is 534 g/mol. The minimum atomic E-state index is -1.07. The number of benzene rings is 3. The molecule has 0 radical (unpaired) electrons. The van der Waals surface area contributed by atoms with Gasteiger partial charge in [-0.25, -0.2) is 0 Å². The van der Waals surface area contributed by atoms with E-state index >= 15 is 0 Å². The van der Waals surface area contributed by atoms with Crippen molar-refractivity contribution in [2.75, 3.05) is 49.7 Å². The molecule has 0 aliphatic carbocycles. The standard InChI is InChI=1S/C29H28ClN3O5/c1-31(23-11-7-8-12-24(23)37-3)25-17-29(19-13-15-20(30)16-14-19)27(38-4)28(35)33(29)22-10-6-5-9-21(22)32(25)26(34)18-36-2/h5-17,27H,18H2,1-4H3. The van der Waals surface area contributed by atoms with Crippen LogP contribution in [0.5, 0.6) is 5.75 Å². The van der Waals surface area contributed by atoms with Gasteiger partial charge in [-0.2, -0.15) is 0 Å². The molecule has 0 aromatic heterocycles. The lowest BCUT2D eigenvalue weighted by Crippen LogP contribution is -2.72. The second-order valence-electron chi connectivity index (χ2n) is 9.01. The number of carbonyl (C=O) groups is 2. The molecule has 3 aromatic carbocycles. The number of ether oxygens (including phenoxy) is 3. The zero-order valence-electron chi connectivity index (χ0n) is 21.6. The van der Waals surface area contributed by atoms with E-state index in [-0.39, 0.29) is 18.4 Å². The summed E-state index contributed by atoms with van der Waals surface area (Å²) in [4.78, 5) is 32.5. The predicted molar refractivity (Wildman–Crippen MR) is 147 cm³/mol. The zero-order chi connectivity index (χ0) is 27.0. The lowest BCUT2D eigenvalue weighted by molar-refractivity contribution is -0.144. The van der Waals surface area contributed by atoms with E-state index in [2.05, 4.69) is 0 Å². The van der Waals surface area contributed by atoms with E-state index in [0.717, 1.165) is 11.3 Å². The van der Waals surface area contributed by atoms with E-state index in [4.69, 9.17) is 25.8 Å². The normalized spacial score (nSPS) is 20.1. The highest BCUT2D eigenvalue weighted by Gasteiger charge is 2.63. The Labute approximate surface area is 226 Å². The van der Waals surface area contributed by atoms with Gasteiger partial charge in [0.15, 0.2) is 6.10 Å². The van der Waals surface area contributed by atoms with Crippen molar-refractivity contribution in [3.05, 3.63) is 95.3 Å². The first-order valence-electron chi connectivity index (χ1n) is 12.0. The summed E-state index contributed by atoms with van der Waals surface area (Å²) in [6.45, 7) is -0.166. The van der Waals surface area contributed by atoms with Crippen molar-refractivity contribution in [2.24, 2.45) is 0 Å². The molecule has 2 aliphatic heterocycles. The van der Waals surface area contributed by atoms with Crippen molar-refractivity contribution < 1.29 is 23.8 Å². The molecule has 2 aliphatic rings. The third-order valence-electron chi connectivity index (χ3n) is 7.01. The van der Waals surface area contributed by atoms with Crippen LogP contribution in [-0.2, 0) is 24.6 Å². The van der Waals surface area contributed by atoms with E-state index in [1.165, 1.54) is 14.2 Å². The molecule has 0 saturated carbocycles. The summed E-state index contributed by atoms with van der Waals surface area (Å²) in [5.74, 6) is 0.614. The van der Waals surface area contributed by atoms with Crippen LogP contribution >= 0.6 is 11.6 Å². The monoisotopic (exact) mass is 533 g/mol. The Balaban J connectivity index is 1.85. The van der Waals surface area contributed by atoms with Crippen molar-refractivity contribution >= 4 is 40.5 Å². The lowest BCUT2D eigenvalue weighted by atomic mass is 9.74. The second kappa shape index (κ2) is 10.1. The van der Waals surface area contributed by atoms with Crippen LogP contribution in [-0.4, -0.2) is 52.9 Å². The van der Waals surface area contributed by atoms with E-state index in [1.807, 2.05) is 78.7 Å². The van der Waals surface area contributed by atoms with Gasteiger partial charge in [-0.3, -0.25) is 19.4 Å². The topological polar surface area (TPSA) is 71.5 Å². The van der Waals surface area contributed by atoms with Crippen LogP contribution in [0.1, 0.15) is 5.56 Å². The highest BCUT2D eigenvalue weighted by molar-refractivity contribution is 6.30. The van der Waals surface area contributed by atoms with Gasteiger partial charge in [-0.05, 0) is 48.0 Å². The van der Waals surface area contributed by atoms with Gasteiger partial charge in [-0.1, -0.05) is 48.0 Å². The summed E-state index contributed by atoms with van der Waals surface area (Å²) in [7, 11) is 6.44. The highest BCUT2D eigenvalue weighted by atomic mass is 35.5. The molecule has 2 heterocycles. The van der Waals surface area contributed by atoms with Gasteiger partial charge in [0.05, 0.1) is 24.2 Å². The molecular formula is C29H28ClN3O5. The number of methoxy groups -OCH3 is 3. The van der Waals surface area contributed by atoms with Gasteiger partial charge >= 0.3 is 0 Å². The smallest absolute Gasteiger partial charge is 0.260 e. The molecule has 0 N–H and O–H groups in total. The molecule has 2 amide bonds. The fourth-order valence-corrected chi connectivity index (χ4v) is 5.44. The van der Waals surface area contributed by atoms with Gasteiger partial charge in [0.1, 0.15) is 23.7 Å². The number of carbonyl (C=O) groups excluding carboxylic acids is 2. The van der Waals surface area contributed by atoms with Gasteiger partial charge in [0, 0.05) is 26.3 Å². The zero-order valence-corrected chi connectivity index (χ0v) is 22.3. The number of anilines is 3. The molecule has 1 saturated heterocycles. The maximum absolute atomic E-state index is 13.7. The molecular weight excluding hydrogens is 506 g/mol. The third-order valence-corrected chi connectivity index (χ3v) is 7.26. The Kier molecular flexibility index (Phi) is 6.88. The summed E-state index contributed by atoms with van der Waals surface area (Å²) < 4.78 is 16.7. The van der Waals surface area contributed by atoms with Crippen LogP contribution in [0.4, 0.5) is 17.1 Å². The Morgan fingerprint density at radius 2 is 1.63 bits per heavy atom. The number of nitrogens with zero attached hydrogens (tertiary/aromatic N) is 3. The second-order valence-corrected chi connectivity index (χ2v) is 9.44. The first kappa shape index (κ1) is 25.8. The minimum absolute atomic E-state index is 0.166. The molecule has 1 fully saturated rings. The number of rotatable bonds is 7. The molecule has 9 heteroatoms. The maximum atomic E-state index is 13.7. The largest absolute Gasteiger partial charge is 0.495 e. The van der Waals surface area contributed by atoms with Crippen LogP contribution in [0.25, 0.3) is 0 Å². The van der Waals surface area contributed by atoms with Crippen LogP contribution < -0.4 is 19.4 Å². The molecule has 5 rings (SSSR count). The predicted octanol–water partition coefficient (Wildman–Crippen LogP) is 4.58. The summed E-state index contributed by atoms with van der Waals surface area (Å²) in [5, 5.41) is 0.567. The van der Waals surface area contributed by atoms with Crippen molar-refractivity contribution in [1.82, 2.24) is 0 Å². The molecule has 3 aromatic rings. The number of para-hydroxylation sites is 4. The van der Waals surface area contributed by atoms with Crippen LogP contribution in [0.3, 0.4) is 0 Å². The summed E-state index contributed by atoms with van der Waals surface area (Å²) >= 11 is 6.24. The fraction of sp³-hybridized carbons (Fsp3) is 0.241. The van der Waals surface area contributed by atoms with Gasteiger partial charge in [-0.15, -0.1) is 0 Å². The summed E-state index contributed by atoms with van der Waals surface area (Å²) in [5.41, 5.74) is 1.56. The van der Waals surface area contributed by atoms with E-state index in [0.29, 0.717) is 28.0 Å². The Morgan fingerprint density at radius 1 is 0.974 bits per heavy atom. The number of halogens is 1. The molecule has 2 unspecified atom stereocenters. The molecule has 0 bridgehead atoms. The van der Waals surface area contributed by atoms with E-state index < -0.39 is 11.6 Å². The van der Waals surface area contributed by atoms with Crippen molar-refractivity contribution in [3.8, 4) is 5.75 Å². The Morgan fingerprint density at radius 3 is 2.29 bits per heavy atom. The number of β-lactam (4-membered cyclic amide) rings is 1. The van der Waals surface area contributed by atoms with Crippen LogP contribution in [0, 0.1) is 0 Å². The number of hydrogen-bond acceptors (Lipinski definition) is 6. The molecule has 196 valence electrons. The number of hydrogen-bond donors (Lipinski definition) is 0. The van der Waals surface area contributed by atoms with Crippen LogP contribution in [0.15, 0.2) is 84.7 Å². The third kappa shape index (κ3) is 3.84. The van der Waals surface area contributed by atoms with Crippen molar-refractivity contribution in [1.29, 1.82) is 0 Å². The average Bonchev–Trinajstić information content (AvgIpc) is 3.04. The van der Waals surface area contributed by atoms with Gasteiger partial charge in [0.2, 0.25) is 0 Å². The Hall–Kier alpha value is -3.85. The van der Waals surface area contributed by atoms with Crippen molar-refractivity contribution in [3.63, 3.8) is 0 Å². The molecule has 2 atom stereocenters. The quantitative estimate of drug-likeness (QED) is 0.414. The highest BCUT2D eigenvalue weighted by Crippen LogP contribution is 2.54. The van der Waals surface area contributed by atoms with E-state index in [9.17, 15) is 9.59 Å². The fourth-order valence-electron chi connectivity index (χ4n) is 5.31. The Bertz CT molecular complexity index is 1410. The van der Waals surface area contributed by atoms with Crippen molar-refractivity contribution in [2.45, 2.75) is 11.6 Å². The lowest BCUT2D eigenvalue weighted by Gasteiger charge is -2.55. The minimum Gasteiger partial charge on any atom is -0.495 e. The number of amides is 2. The van der Waals surface area contributed by atoms with E-state index in [1.54, 1.807) is 29.0 Å². The van der Waals surface area contributed by atoms with Crippen LogP contribution in [0.2, 0.25) is 5.02 Å². The SMILES string of the molecule is COCC(=O)N1C(N(C)c2ccccc2OC)=CC2(c3ccc(Cl)cc3)C(OC)C(=O)N2c2ccccc21. The van der Waals surface area contributed by atoms with Gasteiger partial charge < -0.3 is 19.1 Å². The number of fused-ring (bicyclic) bond motifs is 3. The molecule has 8 nitrogen and oxygen atoms in total. The summed E-state index contributed by atoms with van der Waals surface area (Å²) in [6, 6.07) is 22.2. The molecule has 38 heavy (non-hydrogen) atoms. The maximum Gasteiger partial charge on any atom is 0.260 e. The van der Waals surface area contributed by atoms with Gasteiger partial charge in [0.25, 0.3) is 11.8 Å². The first-order valence-corrected chi connectivity index (χ1v) is 12.4.